The van der Waals surface area contributed by atoms with Crippen LogP contribution in [-0.4, -0.2) is 13.0 Å². The van der Waals surface area contributed by atoms with Crippen LogP contribution in [0.2, 0.25) is 10.0 Å². The third-order valence-electron chi connectivity index (χ3n) is 3.60. The number of hydrogen-bond donors (Lipinski definition) is 1. The Morgan fingerprint density at radius 1 is 1.09 bits per heavy atom. The highest BCUT2D eigenvalue weighted by Gasteiger charge is 2.24. The number of nitrogens with one attached hydrogen (secondary N) is 1. The number of carbonyl (C=O) groups excluding carboxylic acids is 1. The molecule has 23 heavy (non-hydrogen) atoms. The predicted molar refractivity (Wildman–Crippen MR) is 95.7 cm³/mol. The first-order valence-electron chi connectivity index (χ1n) is 7.32. The second-order valence-corrected chi connectivity index (χ2v) is 6.46. The molecule has 0 fully saturated rings. The fourth-order valence-corrected chi connectivity index (χ4v) is 2.86. The fraction of sp³-hybridized carbons (Fsp3) is 0.278. The van der Waals surface area contributed by atoms with Crippen molar-refractivity contribution in [2.45, 2.75) is 19.8 Å². The molecule has 0 saturated carbocycles. The Kier molecular flexibility index (Phi) is 5.91. The Bertz CT molecular complexity index is 684. The van der Waals surface area contributed by atoms with E-state index in [-0.39, 0.29) is 17.7 Å². The number of rotatable bonds is 5. The van der Waals surface area contributed by atoms with Crippen LogP contribution >= 0.6 is 23.2 Å². The molecule has 2 aromatic carbocycles. The Hall–Kier alpha value is -1.71. The summed E-state index contributed by atoms with van der Waals surface area (Å²) < 4.78 is 5.11. The second kappa shape index (κ2) is 7.71. The van der Waals surface area contributed by atoms with Crippen LogP contribution in [0.15, 0.2) is 42.5 Å². The molecule has 3 nitrogen and oxygen atoms in total. The van der Waals surface area contributed by atoms with Crippen LogP contribution in [0.3, 0.4) is 0 Å². The van der Waals surface area contributed by atoms with Gasteiger partial charge < -0.3 is 10.1 Å². The van der Waals surface area contributed by atoms with E-state index in [1.807, 2.05) is 26.0 Å². The molecular weight excluding hydrogens is 333 g/mol. The molecule has 0 unspecified atom stereocenters. The molecular formula is C18H19Cl2NO2. The number of hydrogen-bond acceptors (Lipinski definition) is 2. The third-order valence-corrected chi connectivity index (χ3v) is 4.14. The van der Waals surface area contributed by atoms with E-state index in [4.69, 9.17) is 27.9 Å². The summed E-state index contributed by atoms with van der Waals surface area (Å²) in [6.07, 6.45) is 0. The molecule has 0 spiro atoms. The number of carbonyl (C=O) groups is 1. The van der Waals surface area contributed by atoms with E-state index < -0.39 is 0 Å². The lowest BCUT2D eigenvalue weighted by Gasteiger charge is -2.21. The van der Waals surface area contributed by atoms with E-state index in [1.165, 1.54) is 0 Å². The summed E-state index contributed by atoms with van der Waals surface area (Å²) in [5.41, 5.74) is 1.57. The number of anilines is 1. The highest BCUT2D eigenvalue weighted by molar-refractivity contribution is 6.32. The molecule has 0 aliphatic carbocycles. The van der Waals surface area contributed by atoms with E-state index in [9.17, 15) is 4.79 Å². The molecule has 0 aliphatic rings. The maximum Gasteiger partial charge on any atom is 0.232 e. The van der Waals surface area contributed by atoms with E-state index in [0.717, 1.165) is 5.56 Å². The van der Waals surface area contributed by atoms with E-state index in [2.05, 4.69) is 5.32 Å². The van der Waals surface area contributed by atoms with Crippen LogP contribution in [0.5, 0.6) is 5.75 Å². The van der Waals surface area contributed by atoms with Gasteiger partial charge in [-0.1, -0.05) is 49.2 Å². The van der Waals surface area contributed by atoms with Gasteiger partial charge in [-0.2, -0.15) is 0 Å². The van der Waals surface area contributed by atoms with Gasteiger partial charge in [0.25, 0.3) is 0 Å². The summed E-state index contributed by atoms with van der Waals surface area (Å²) in [5, 5.41) is 4.02. The molecule has 0 radical (unpaired) electrons. The molecule has 0 bridgehead atoms. The Labute approximate surface area is 146 Å². The van der Waals surface area contributed by atoms with Crippen LogP contribution in [0.1, 0.15) is 25.3 Å². The van der Waals surface area contributed by atoms with Gasteiger partial charge in [0.15, 0.2) is 0 Å². The van der Waals surface area contributed by atoms with Crippen LogP contribution < -0.4 is 10.1 Å². The first-order chi connectivity index (χ1) is 10.9. The average Bonchev–Trinajstić information content (AvgIpc) is 2.49. The molecule has 2 aromatic rings. The van der Waals surface area contributed by atoms with E-state index >= 15 is 0 Å². The van der Waals surface area contributed by atoms with Gasteiger partial charge in [-0.05, 0) is 41.8 Å². The highest BCUT2D eigenvalue weighted by Crippen LogP contribution is 2.30. The summed E-state index contributed by atoms with van der Waals surface area (Å²) in [5.74, 6) is 0.365. The molecule has 5 heteroatoms. The maximum absolute atomic E-state index is 12.7. The number of amides is 1. The number of benzene rings is 2. The average molecular weight is 352 g/mol. The third kappa shape index (κ3) is 4.40. The number of methoxy groups -OCH3 is 1. The van der Waals surface area contributed by atoms with Gasteiger partial charge in [0, 0.05) is 10.7 Å². The molecule has 0 aliphatic heterocycles. The zero-order valence-corrected chi connectivity index (χ0v) is 14.8. The molecule has 1 N–H and O–H groups in total. The summed E-state index contributed by atoms with van der Waals surface area (Å²) in [7, 11) is 1.55. The van der Waals surface area contributed by atoms with Crippen molar-refractivity contribution < 1.29 is 9.53 Å². The van der Waals surface area contributed by atoms with Gasteiger partial charge in [-0.3, -0.25) is 4.79 Å². The van der Waals surface area contributed by atoms with Crippen molar-refractivity contribution in [3.63, 3.8) is 0 Å². The standard InChI is InChI=1S/C18H19Cl2NO2/c1-11(2)17(12-4-6-13(19)7-5-12)18(22)21-14-8-9-16(23-3)15(20)10-14/h4-11,17H,1-3H3,(H,21,22)/t17-/m1/s1. The van der Waals surface area contributed by atoms with Crippen LogP contribution in [-0.2, 0) is 4.79 Å². The van der Waals surface area contributed by atoms with Crippen molar-refractivity contribution in [3.8, 4) is 5.75 Å². The SMILES string of the molecule is COc1ccc(NC(=O)[C@@H](c2ccc(Cl)cc2)C(C)C)cc1Cl. The van der Waals surface area contributed by atoms with Crippen LogP contribution in [0, 0.1) is 5.92 Å². The van der Waals surface area contributed by atoms with Crippen molar-refractivity contribution in [1.29, 1.82) is 0 Å². The lowest BCUT2D eigenvalue weighted by molar-refractivity contribution is -0.118. The summed E-state index contributed by atoms with van der Waals surface area (Å²) >= 11 is 12.0. The minimum atomic E-state index is -0.270. The summed E-state index contributed by atoms with van der Waals surface area (Å²) in [4.78, 5) is 12.7. The van der Waals surface area contributed by atoms with Crippen molar-refractivity contribution in [3.05, 3.63) is 58.1 Å². The monoisotopic (exact) mass is 351 g/mol. The Morgan fingerprint density at radius 3 is 2.26 bits per heavy atom. The van der Waals surface area contributed by atoms with Crippen molar-refractivity contribution in [2.24, 2.45) is 5.92 Å². The fourth-order valence-electron chi connectivity index (χ4n) is 2.47. The summed E-state index contributed by atoms with van der Waals surface area (Å²) in [6.45, 7) is 4.03. The number of halogens is 2. The van der Waals surface area contributed by atoms with Crippen molar-refractivity contribution >= 4 is 34.8 Å². The zero-order chi connectivity index (χ0) is 17.0. The topological polar surface area (TPSA) is 38.3 Å². The van der Waals surface area contributed by atoms with Gasteiger partial charge in [0.1, 0.15) is 5.75 Å². The molecule has 2 rings (SSSR count). The molecule has 0 saturated heterocycles. The molecule has 122 valence electrons. The lowest BCUT2D eigenvalue weighted by atomic mass is 9.87. The zero-order valence-electron chi connectivity index (χ0n) is 13.3. The van der Waals surface area contributed by atoms with Gasteiger partial charge in [0.05, 0.1) is 18.1 Å². The van der Waals surface area contributed by atoms with E-state index in [1.54, 1.807) is 37.4 Å². The number of ether oxygens (including phenoxy) is 1. The largest absolute Gasteiger partial charge is 0.495 e. The normalized spacial score (nSPS) is 12.1. The molecule has 0 aromatic heterocycles. The summed E-state index contributed by atoms with van der Waals surface area (Å²) in [6, 6.07) is 12.5. The van der Waals surface area contributed by atoms with Gasteiger partial charge in [0.2, 0.25) is 5.91 Å². The molecule has 0 heterocycles. The quantitative estimate of drug-likeness (QED) is 0.785. The van der Waals surface area contributed by atoms with Gasteiger partial charge >= 0.3 is 0 Å². The first-order valence-corrected chi connectivity index (χ1v) is 8.08. The van der Waals surface area contributed by atoms with Gasteiger partial charge in [-0.25, -0.2) is 0 Å². The van der Waals surface area contributed by atoms with Crippen LogP contribution in [0.4, 0.5) is 5.69 Å². The lowest BCUT2D eigenvalue weighted by Crippen LogP contribution is -2.25. The first kappa shape index (κ1) is 17.6. The molecule has 1 atom stereocenters. The van der Waals surface area contributed by atoms with E-state index in [0.29, 0.717) is 21.5 Å². The maximum atomic E-state index is 12.7. The molecule has 1 amide bonds. The second-order valence-electron chi connectivity index (χ2n) is 5.61. The minimum absolute atomic E-state index is 0.0800. The minimum Gasteiger partial charge on any atom is -0.495 e. The highest BCUT2D eigenvalue weighted by atomic mass is 35.5. The Morgan fingerprint density at radius 2 is 1.74 bits per heavy atom. The smallest absolute Gasteiger partial charge is 0.232 e. The van der Waals surface area contributed by atoms with Crippen LogP contribution in [0.25, 0.3) is 0 Å². The van der Waals surface area contributed by atoms with Gasteiger partial charge in [-0.15, -0.1) is 0 Å². The Balaban J connectivity index is 2.22. The predicted octanol–water partition coefficient (Wildman–Crippen LogP) is 5.38. The van der Waals surface area contributed by atoms with Crippen molar-refractivity contribution in [2.75, 3.05) is 12.4 Å². The van der Waals surface area contributed by atoms with Crippen molar-refractivity contribution in [1.82, 2.24) is 0 Å².